The molecule has 1 rings (SSSR count). The highest BCUT2D eigenvalue weighted by Gasteiger charge is 2.03. The van der Waals surface area contributed by atoms with E-state index in [0.29, 0.717) is 5.75 Å². The van der Waals surface area contributed by atoms with Crippen molar-refractivity contribution < 1.29 is 14.6 Å². The van der Waals surface area contributed by atoms with Crippen molar-refractivity contribution >= 4 is 5.97 Å². The monoisotopic (exact) mass is 178 g/mol. The summed E-state index contributed by atoms with van der Waals surface area (Å²) >= 11 is 0. The lowest BCUT2D eigenvalue weighted by Gasteiger charge is -2.04. The van der Waals surface area contributed by atoms with Crippen molar-refractivity contribution in [3.8, 4) is 11.5 Å². The number of carbonyl (C=O) groups is 1. The van der Waals surface area contributed by atoms with Gasteiger partial charge in [0.05, 0.1) is 0 Å². The minimum atomic E-state index is -0.534. The maximum absolute atomic E-state index is 10.8. The Morgan fingerprint density at radius 3 is 2.92 bits per heavy atom. The van der Waals surface area contributed by atoms with Crippen molar-refractivity contribution in [3.63, 3.8) is 0 Å². The van der Waals surface area contributed by atoms with Gasteiger partial charge >= 0.3 is 5.97 Å². The molecule has 0 aromatic heterocycles. The van der Waals surface area contributed by atoms with Crippen LogP contribution >= 0.6 is 0 Å². The van der Waals surface area contributed by atoms with Crippen molar-refractivity contribution in [1.82, 2.24) is 0 Å². The zero-order valence-electron chi connectivity index (χ0n) is 7.28. The molecule has 0 amide bonds. The summed E-state index contributed by atoms with van der Waals surface area (Å²) in [5.74, 6) is -0.115. The third-order valence-electron chi connectivity index (χ3n) is 1.55. The number of ether oxygens (including phenoxy) is 1. The van der Waals surface area contributed by atoms with E-state index in [1.807, 2.05) is 0 Å². The van der Waals surface area contributed by atoms with E-state index in [0.717, 1.165) is 11.6 Å². The van der Waals surface area contributed by atoms with Crippen molar-refractivity contribution in [2.75, 3.05) is 0 Å². The number of aryl methyl sites for hydroxylation is 1. The smallest absolute Gasteiger partial charge is 0.335 e. The van der Waals surface area contributed by atoms with Gasteiger partial charge in [-0.3, -0.25) is 0 Å². The molecule has 3 heteroatoms. The van der Waals surface area contributed by atoms with Gasteiger partial charge in [-0.15, -0.1) is 0 Å². The summed E-state index contributed by atoms with van der Waals surface area (Å²) in [7, 11) is 0. The number of benzene rings is 1. The highest BCUT2D eigenvalue weighted by atomic mass is 16.5. The quantitative estimate of drug-likeness (QED) is 0.426. The van der Waals surface area contributed by atoms with Gasteiger partial charge in [0.2, 0.25) is 0 Å². The molecular formula is C10H10O3. The summed E-state index contributed by atoms with van der Waals surface area (Å²) in [6.45, 7) is 5.05. The van der Waals surface area contributed by atoms with E-state index in [1.165, 1.54) is 12.1 Å². The topological polar surface area (TPSA) is 46.5 Å². The molecule has 0 bridgehead atoms. The SMILES string of the molecule is C=CC(=O)Oc1cc(O)ccc1C. The largest absolute Gasteiger partial charge is 0.508 e. The van der Waals surface area contributed by atoms with Crippen molar-refractivity contribution in [1.29, 1.82) is 0 Å². The van der Waals surface area contributed by atoms with E-state index >= 15 is 0 Å². The van der Waals surface area contributed by atoms with Gasteiger partial charge in [-0.25, -0.2) is 4.79 Å². The van der Waals surface area contributed by atoms with Crippen LogP contribution in [-0.4, -0.2) is 11.1 Å². The summed E-state index contributed by atoms with van der Waals surface area (Å²) in [5, 5.41) is 9.11. The van der Waals surface area contributed by atoms with Crippen LogP contribution in [0.3, 0.4) is 0 Å². The molecule has 0 heterocycles. The average molecular weight is 178 g/mol. The molecule has 0 saturated heterocycles. The number of phenolic OH excluding ortho intramolecular Hbond substituents is 1. The lowest BCUT2D eigenvalue weighted by Crippen LogP contribution is -2.03. The molecule has 0 atom stereocenters. The molecule has 0 saturated carbocycles. The molecule has 0 unspecified atom stereocenters. The van der Waals surface area contributed by atoms with Crippen LogP contribution in [0.5, 0.6) is 11.5 Å². The van der Waals surface area contributed by atoms with Crippen LogP contribution in [0, 0.1) is 6.92 Å². The van der Waals surface area contributed by atoms with Gasteiger partial charge in [0.1, 0.15) is 11.5 Å². The van der Waals surface area contributed by atoms with E-state index in [9.17, 15) is 4.79 Å². The van der Waals surface area contributed by atoms with Gasteiger partial charge in [-0.05, 0) is 18.6 Å². The molecule has 1 aromatic rings. The molecule has 0 aliphatic carbocycles. The van der Waals surface area contributed by atoms with Gasteiger partial charge in [0.25, 0.3) is 0 Å². The molecule has 68 valence electrons. The molecule has 0 aliphatic heterocycles. The average Bonchev–Trinajstić information content (AvgIpc) is 2.11. The van der Waals surface area contributed by atoms with Crippen LogP contribution in [-0.2, 0) is 4.79 Å². The van der Waals surface area contributed by atoms with Gasteiger partial charge in [-0.1, -0.05) is 12.6 Å². The lowest BCUT2D eigenvalue weighted by molar-refractivity contribution is -0.129. The molecule has 3 nitrogen and oxygen atoms in total. The van der Waals surface area contributed by atoms with E-state index in [1.54, 1.807) is 13.0 Å². The summed E-state index contributed by atoms with van der Waals surface area (Å²) in [6, 6.07) is 4.58. The number of hydrogen-bond donors (Lipinski definition) is 1. The predicted molar refractivity (Wildman–Crippen MR) is 48.7 cm³/mol. The number of phenols is 1. The first kappa shape index (κ1) is 9.32. The normalized spacial score (nSPS) is 9.31. The Bertz CT molecular complexity index is 342. The van der Waals surface area contributed by atoms with Crippen LogP contribution in [0.2, 0.25) is 0 Å². The Morgan fingerprint density at radius 1 is 1.62 bits per heavy atom. The molecule has 0 spiro atoms. The molecule has 1 aromatic carbocycles. The Balaban J connectivity index is 2.93. The fourth-order valence-corrected chi connectivity index (χ4v) is 0.849. The molecule has 0 aliphatic rings. The maximum atomic E-state index is 10.8. The van der Waals surface area contributed by atoms with Gasteiger partial charge in [-0.2, -0.15) is 0 Å². The highest BCUT2D eigenvalue weighted by Crippen LogP contribution is 2.23. The number of esters is 1. The fourth-order valence-electron chi connectivity index (χ4n) is 0.849. The van der Waals surface area contributed by atoms with E-state index < -0.39 is 5.97 Å². The molecule has 1 N–H and O–H groups in total. The van der Waals surface area contributed by atoms with Crippen molar-refractivity contribution in [3.05, 3.63) is 36.4 Å². The van der Waals surface area contributed by atoms with Crippen LogP contribution < -0.4 is 4.74 Å². The molecule has 0 fully saturated rings. The third kappa shape index (κ3) is 2.33. The first-order valence-electron chi connectivity index (χ1n) is 3.77. The number of carbonyl (C=O) groups excluding carboxylic acids is 1. The predicted octanol–water partition coefficient (Wildman–Crippen LogP) is 1.79. The third-order valence-corrected chi connectivity index (χ3v) is 1.55. The van der Waals surface area contributed by atoms with Crippen molar-refractivity contribution in [2.45, 2.75) is 6.92 Å². The standard InChI is InChI=1S/C10H10O3/c1-3-10(12)13-9-6-8(11)5-4-7(9)2/h3-6,11H,1H2,2H3. The Morgan fingerprint density at radius 2 is 2.31 bits per heavy atom. The summed E-state index contributed by atoms with van der Waals surface area (Å²) in [5.41, 5.74) is 0.785. The van der Waals surface area contributed by atoms with E-state index in [4.69, 9.17) is 9.84 Å². The zero-order valence-corrected chi connectivity index (χ0v) is 7.28. The molecular weight excluding hydrogens is 168 g/mol. The van der Waals surface area contributed by atoms with Gasteiger partial charge in [0, 0.05) is 12.1 Å². The van der Waals surface area contributed by atoms with Crippen LogP contribution in [0.4, 0.5) is 0 Å². The number of rotatable bonds is 2. The van der Waals surface area contributed by atoms with Crippen LogP contribution in [0.1, 0.15) is 5.56 Å². The van der Waals surface area contributed by atoms with Gasteiger partial charge < -0.3 is 9.84 Å². The number of hydrogen-bond acceptors (Lipinski definition) is 3. The summed E-state index contributed by atoms with van der Waals surface area (Å²) in [4.78, 5) is 10.8. The molecule has 13 heavy (non-hydrogen) atoms. The summed E-state index contributed by atoms with van der Waals surface area (Å²) < 4.78 is 4.86. The van der Waals surface area contributed by atoms with Crippen molar-refractivity contribution in [2.24, 2.45) is 0 Å². The second kappa shape index (κ2) is 3.76. The number of aromatic hydroxyl groups is 1. The second-order valence-corrected chi connectivity index (χ2v) is 2.58. The minimum Gasteiger partial charge on any atom is -0.508 e. The van der Waals surface area contributed by atoms with E-state index in [2.05, 4.69) is 6.58 Å². The van der Waals surface area contributed by atoms with E-state index in [-0.39, 0.29) is 5.75 Å². The highest BCUT2D eigenvalue weighted by molar-refractivity contribution is 5.83. The lowest BCUT2D eigenvalue weighted by atomic mass is 10.2. The van der Waals surface area contributed by atoms with Crippen LogP contribution in [0.15, 0.2) is 30.9 Å². The van der Waals surface area contributed by atoms with Gasteiger partial charge in [0.15, 0.2) is 0 Å². The first-order valence-corrected chi connectivity index (χ1v) is 3.77. The first-order chi connectivity index (χ1) is 6.13. The summed E-state index contributed by atoms with van der Waals surface area (Å²) in [6.07, 6.45) is 1.07. The second-order valence-electron chi connectivity index (χ2n) is 2.58. The fraction of sp³-hybridized carbons (Fsp3) is 0.100. The Hall–Kier alpha value is -1.77. The Labute approximate surface area is 76.3 Å². The maximum Gasteiger partial charge on any atom is 0.335 e. The molecule has 0 radical (unpaired) electrons. The Kier molecular flexibility index (Phi) is 2.69. The minimum absolute atomic E-state index is 0.0671. The zero-order chi connectivity index (χ0) is 9.84. The van der Waals surface area contributed by atoms with Crippen LogP contribution in [0.25, 0.3) is 0 Å².